The summed E-state index contributed by atoms with van der Waals surface area (Å²) in [6, 6.07) is 63.5. The lowest BCUT2D eigenvalue weighted by atomic mass is 10.1. The van der Waals surface area contributed by atoms with Crippen LogP contribution < -0.4 is 42.0 Å². The Morgan fingerprint density at radius 1 is 0.311 bits per heavy atom. The second kappa shape index (κ2) is 53.3. The van der Waals surface area contributed by atoms with Crippen LogP contribution in [0.15, 0.2) is 268 Å². The lowest BCUT2D eigenvalue weighted by molar-refractivity contribution is -0.385. The molecule has 0 radical (unpaired) electrons. The minimum Gasteiger partial charge on any atom is -0.508 e. The van der Waals surface area contributed by atoms with Gasteiger partial charge in [-0.25, -0.2) is 54.8 Å². The molecule has 0 aliphatic rings. The summed E-state index contributed by atoms with van der Waals surface area (Å²) < 4.78 is 4.98. The van der Waals surface area contributed by atoms with Gasteiger partial charge in [-0.05, 0) is 181 Å². The molecule has 0 aliphatic heterocycles. The third-order valence-corrected chi connectivity index (χ3v) is 18.5. The molecule has 0 aliphatic carbocycles. The maximum atomic E-state index is 10.5. The molecule has 21 N–H and O–H groups in total. The molecule has 7 aromatic carbocycles. The molecule has 0 spiro atoms. The average molecular weight is 1850 g/mol. The van der Waals surface area contributed by atoms with Gasteiger partial charge in [-0.2, -0.15) is 0 Å². The van der Waals surface area contributed by atoms with E-state index in [1.54, 1.807) is 134 Å². The van der Waals surface area contributed by atoms with E-state index in [1.807, 2.05) is 63.2 Å². The molecule has 39 nitrogen and oxygen atoms in total. The molecule has 7 aromatic heterocycles. The van der Waals surface area contributed by atoms with Crippen LogP contribution in [0.25, 0.3) is 0 Å². The SMILES string of the molecule is COc1cc(NCC(O)c2ccc(O)cc2)ncn1.Cc1cc(C)nc(NCC(O)c2ccc(O)cc2)n1.Cc1cccc(NCC(O)c2ccc(O)cc2)n1.O=[N+]([O-])c1ccc(NCC(O)c2ccc(O)cc2)nc1.O=[N+]([O-])c1cnc(NCC(O)c2ccc(O)cc2)nc1.Oc1ccc(C(O)CNc2ccccn2)cc1.Oc1ccc(C(O)CNc2nc(Cl)cc(Cl)n2)cc1. The number of aliphatic hydroxyl groups excluding tert-OH is 7. The van der Waals surface area contributed by atoms with Crippen LogP contribution in [0.1, 0.15) is 98.8 Å². The van der Waals surface area contributed by atoms with Crippen LogP contribution in [0, 0.1) is 41.0 Å². The molecule has 0 fully saturated rings. The number of nitro groups is 2. The number of aryl methyl sites for hydroxylation is 3. The third kappa shape index (κ3) is 37.0. The number of phenolic OH excluding ortho intramolecular Hbond substituents is 7. The fourth-order valence-corrected chi connectivity index (χ4v) is 11.5. The summed E-state index contributed by atoms with van der Waals surface area (Å²) in [6.45, 7) is 7.62. The van der Waals surface area contributed by atoms with Gasteiger partial charge in [0.15, 0.2) is 0 Å². The fraction of sp³-hybridized carbons (Fsp3) is 0.198. The number of rotatable bonds is 31. The number of anilines is 7. The maximum absolute atomic E-state index is 10.5. The van der Waals surface area contributed by atoms with Gasteiger partial charge in [-0.15, -0.1) is 0 Å². The van der Waals surface area contributed by atoms with Crippen LogP contribution in [-0.2, 0) is 0 Å². The molecule has 0 saturated carbocycles. The van der Waals surface area contributed by atoms with Gasteiger partial charge in [0.1, 0.15) is 98.7 Å². The van der Waals surface area contributed by atoms with Crippen molar-refractivity contribution in [1.29, 1.82) is 0 Å². The second-order valence-electron chi connectivity index (χ2n) is 28.2. The van der Waals surface area contributed by atoms with E-state index in [0.717, 1.165) is 64.0 Å². The van der Waals surface area contributed by atoms with Gasteiger partial charge >= 0.3 is 5.69 Å². The Bertz CT molecular complexity index is 5540. The first-order valence-corrected chi connectivity index (χ1v) is 40.8. The number of ether oxygens (including phenoxy) is 1. The Morgan fingerprint density at radius 3 is 0.955 bits per heavy atom. The van der Waals surface area contributed by atoms with Crippen molar-refractivity contribution in [3.8, 4) is 46.1 Å². The van der Waals surface area contributed by atoms with E-state index >= 15 is 0 Å². The number of methoxy groups -OCH3 is 1. The standard InChI is InChI=1S/C14H17N3O2.C14H16N2O2.C13H13N3O4.C13H15N3O3.C13H14N2O2.C12H11Cl2N3O2.C12H12N4O4/c1-9-7-10(2)17-14(16-9)15-8-13(19)11-3-5-12(18)6-4-11;1-10-3-2-4-14(16-10)15-9-13(18)11-5-7-12(17)8-6-11;17-11-4-1-9(2-5-11)12(18)8-15-13-6-3-10(7-14-13)16(19)20;1-19-13-6-12(15-8-16-13)14-7-11(18)9-2-4-10(17)5-3-9;16-11-6-4-10(5-7-11)12(17)9-15-13-3-1-2-8-14-13;13-10-5-11(14)17-12(16-10)15-6-9(19)7-1-3-8(18)4-2-7;17-10-3-1-8(2-4-10)11(18)7-15-12-13-5-9(6-14-12)16(19)20/h3-7,13,18-19H,8H2,1-2H3,(H,15,16,17);2-8,13,17-18H,9H2,1H3,(H,15,16);1-7,12,17-18H,8H2,(H,14,15);2-6,8,11,17-18H,7H2,1H3,(H,14,15,16);1-8,12,16-17H,9H2,(H,14,15);1-5,9,18-19H,6H2,(H,15,16,17);1-6,11,17-18H,7H2,(H,13,14,15). The molecular formula is C91H98Cl2N20O19. The highest BCUT2D eigenvalue weighted by molar-refractivity contribution is 6.33. The van der Waals surface area contributed by atoms with Gasteiger partial charge in [0.05, 0.1) is 59.7 Å². The Hall–Kier alpha value is -15.6. The highest BCUT2D eigenvalue weighted by atomic mass is 35.5. The first-order valence-electron chi connectivity index (χ1n) is 40.1. The molecule has 7 unspecified atom stereocenters. The highest BCUT2D eigenvalue weighted by Gasteiger charge is 2.17. The molecule has 14 rings (SSSR count). The molecule has 41 heteroatoms. The second-order valence-corrected chi connectivity index (χ2v) is 29.0. The predicted octanol–water partition coefficient (Wildman–Crippen LogP) is 13.2. The van der Waals surface area contributed by atoms with E-state index in [2.05, 4.69) is 92.0 Å². The summed E-state index contributed by atoms with van der Waals surface area (Å²) in [5.41, 5.74) is 7.31. The quantitative estimate of drug-likeness (QED) is 0.0109. The number of hydrogen-bond acceptors (Lipinski definition) is 37. The van der Waals surface area contributed by atoms with Crippen molar-refractivity contribution in [3.05, 3.63) is 354 Å². The number of nitrogens with zero attached hydrogens (tertiary/aromatic N) is 13. The summed E-state index contributed by atoms with van der Waals surface area (Å²) in [7, 11) is 1.53. The van der Waals surface area contributed by atoms with Crippen molar-refractivity contribution in [2.75, 3.05) is 90.1 Å². The van der Waals surface area contributed by atoms with Gasteiger partial charge in [0.25, 0.3) is 5.69 Å². The van der Waals surface area contributed by atoms with Gasteiger partial charge in [-0.1, -0.05) is 120 Å². The predicted molar refractivity (Wildman–Crippen MR) is 496 cm³/mol. The van der Waals surface area contributed by atoms with Crippen molar-refractivity contribution in [1.82, 2.24) is 54.8 Å². The number of phenols is 7. The van der Waals surface area contributed by atoms with E-state index in [9.17, 15) is 66.2 Å². The molecule has 0 bridgehead atoms. The van der Waals surface area contributed by atoms with E-state index in [0.29, 0.717) is 71.9 Å². The largest absolute Gasteiger partial charge is 0.508 e. The van der Waals surface area contributed by atoms with Crippen LogP contribution in [0.2, 0.25) is 10.3 Å². The summed E-state index contributed by atoms with van der Waals surface area (Å²) >= 11 is 11.5. The zero-order valence-electron chi connectivity index (χ0n) is 71.3. The minimum absolute atomic E-state index is 0.0883. The average Bonchev–Trinajstić information content (AvgIpc) is 0.875. The van der Waals surface area contributed by atoms with Crippen LogP contribution in [0.3, 0.4) is 0 Å². The summed E-state index contributed by atoms with van der Waals surface area (Å²) in [4.78, 5) is 63.8. The normalized spacial score (nSPS) is 12.0. The lowest BCUT2D eigenvalue weighted by Gasteiger charge is -2.13. The van der Waals surface area contributed by atoms with Crippen LogP contribution >= 0.6 is 23.2 Å². The molecule has 14 aromatic rings. The zero-order valence-corrected chi connectivity index (χ0v) is 72.8. The van der Waals surface area contributed by atoms with Crippen molar-refractivity contribution in [3.63, 3.8) is 0 Å². The minimum atomic E-state index is -0.811. The van der Waals surface area contributed by atoms with Gasteiger partial charge in [0.2, 0.25) is 23.7 Å². The lowest BCUT2D eigenvalue weighted by Crippen LogP contribution is -2.14. The number of hydrogen-bond donors (Lipinski definition) is 21. The van der Waals surface area contributed by atoms with Gasteiger partial charge in [-0.3, -0.25) is 20.2 Å². The third-order valence-electron chi connectivity index (χ3n) is 18.1. The van der Waals surface area contributed by atoms with Crippen molar-refractivity contribution >= 4 is 75.7 Å². The van der Waals surface area contributed by atoms with Crippen molar-refractivity contribution in [2.45, 2.75) is 63.5 Å². The first-order chi connectivity index (χ1) is 63.3. The number of benzene rings is 7. The van der Waals surface area contributed by atoms with Gasteiger partial charge in [0, 0.05) is 87.3 Å². The summed E-state index contributed by atoms with van der Waals surface area (Å²) in [6.07, 6.45) is 1.42. The molecule has 132 heavy (non-hydrogen) atoms. The first kappa shape index (κ1) is 102. The molecular weight excluding hydrogens is 1750 g/mol. The van der Waals surface area contributed by atoms with Crippen molar-refractivity contribution in [2.24, 2.45) is 0 Å². The number of pyridine rings is 3. The maximum Gasteiger partial charge on any atom is 0.305 e. The van der Waals surface area contributed by atoms with Gasteiger partial charge < -0.3 is 113 Å². The number of aliphatic hydroxyl groups is 7. The number of aromatic nitrogens is 11. The van der Waals surface area contributed by atoms with E-state index in [4.69, 9.17) is 53.5 Å². The Labute approximate surface area is 766 Å². The fourth-order valence-electron chi connectivity index (χ4n) is 11.1. The Morgan fingerprint density at radius 2 is 0.629 bits per heavy atom. The Kier molecular flexibility index (Phi) is 41.1. The number of nitrogens with one attached hydrogen (secondary N) is 7. The van der Waals surface area contributed by atoms with E-state index in [1.165, 1.54) is 80.2 Å². The summed E-state index contributed by atoms with van der Waals surface area (Å²) in [5, 5.41) is 176. The van der Waals surface area contributed by atoms with E-state index < -0.39 is 52.6 Å². The topological polar surface area (TPSA) is 605 Å². The Balaban J connectivity index is 0.000000190. The number of aromatic hydroxyl groups is 7. The van der Waals surface area contributed by atoms with E-state index in [-0.39, 0.29) is 93.5 Å². The van der Waals surface area contributed by atoms with Crippen molar-refractivity contribution < 1.29 is 86.1 Å². The smallest absolute Gasteiger partial charge is 0.305 e. The molecule has 0 amide bonds. The summed E-state index contributed by atoms with van der Waals surface area (Å²) in [5.74, 6) is 5.02. The zero-order chi connectivity index (χ0) is 95.4. The van der Waals surface area contributed by atoms with Crippen LogP contribution in [-0.4, -0.2) is 189 Å². The van der Waals surface area contributed by atoms with Crippen LogP contribution in [0.4, 0.5) is 52.5 Å². The monoisotopic (exact) mass is 1840 g/mol. The van der Waals surface area contributed by atoms with Crippen LogP contribution in [0.5, 0.6) is 46.1 Å². The molecule has 690 valence electrons. The number of halogens is 2. The molecule has 0 saturated heterocycles. The highest BCUT2D eigenvalue weighted by Crippen LogP contribution is 2.27. The molecule has 7 atom stereocenters. The molecule has 7 heterocycles.